The summed E-state index contributed by atoms with van der Waals surface area (Å²) in [6, 6.07) is 0. The maximum atomic E-state index is 2.44. The van der Waals surface area contributed by atoms with Crippen LogP contribution in [0.3, 0.4) is 0 Å². The second kappa shape index (κ2) is 4.51. The second-order valence-corrected chi connectivity index (χ2v) is 5.32. The highest BCUT2D eigenvalue weighted by Crippen LogP contribution is 2.46. The quantitative estimate of drug-likeness (QED) is 0.575. The van der Waals surface area contributed by atoms with Crippen LogP contribution in [0, 0.1) is 17.8 Å². The van der Waals surface area contributed by atoms with Gasteiger partial charge in [-0.3, -0.25) is 0 Å². The van der Waals surface area contributed by atoms with E-state index in [0.29, 0.717) is 0 Å². The van der Waals surface area contributed by atoms with Gasteiger partial charge in [0.25, 0.3) is 0 Å². The molecular weight excluding hydrogens is 168 g/mol. The number of rotatable bonds is 3. The van der Waals surface area contributed by atoms with Crippen molar-refractivity contribution in [3.63, 3.8) is 0 Å². The highest BCUT2D eigenvalue weighted by atomic mass is 14.4. The van der Waals surface area contributed by atoms with Crippen LogP contribution in [0.2, 0.25) is 0 Å². The molecule has 0 amide bonds. The summed E-state index contributed by atoms with van der Waals surface area (Å²) < 4.78 is 0. The summed E-state index contributed by atoms with van der Waals surface area (Å²) in [7, 11) is 0. The Morgan fingerprint density at radius 2 is 1.93 bits per heavy atom. The van der Waals surface area contributed by atoms with E-state index >= 15 is 0 Å². The third kappa shape index (κ3) is 2.40. The highest BCUT2D eigenvalue weighted by molar-refractivity contribution is 5.05. The summed E-state index contributed by atoms with van der Waals surface area (Å²) in [5.41, 5.74) is 1.68. The Morgan fingerprint density at radius 1 is 1.14 bits per heavy atom. The lowest BCUT2D eigenvalue weighted by molar-refractivity contribution is 0.267. The average molecular weight is 192 g/mol. The van der Waals surface area contributed by atoms with Gasteiger partial charge in [0.1, 0.15) is 0 Å². The summed E-state index contributed by atoms with van der Waals surface area (Å²) in [4.78, 5) is 0. The number of hydrogen-bond donors (Lipinski definition) is 0. The molecule has 2 saturated carbocycles. The molecule has 0 heteroatoms. The first-order chi connectivity index (χ1) is 6.81. The third-order valence-corrected chi connectivity index (χ3v) is 4.17. The van der Waals surface area contributed by atoms with E-state index in [-0.39, 0.29) is 0 Å². The molecule has 2 unspecified atom stereocenters. The molecule has 0 N–H and O–H groups in total. The van der Waals surface area contributed by atoms with Gasteiger partial charge in [-0.05, 0) is 56.8 Å². The zero-order valence-electron chi connectivity index (χ0n) is 9.76. The van der Waals surface area contributed by atoms with Crippen molar-refractivity contribution < 1.29 is 0 Å². The lowest BCUT2D eigenvalue weighted by Crippen LogP contribution is -2.17. The fraction of sp³-hybridized carbons (Fsp3) is 0.857. The van der Waals surface area contributed by atoms with Crippen molar-refractivity contribution in [3.8, 4) is 0 Å². The molecule has 2 atom stereocenters. The van der Waals surface area contributed by atoms with Gasteiger partial charge in [0, 0.05) is 0 Å². The van der Waals surface area contributed by atoms with E-state index in [1.807, 2.05) is 0 Å². The summed E-state index contributed by atoms with van der Waals surface area (Å²) in [5, 5.41) is 0. The molecule has 2 aliphatic carbocycles. The van der Waals surface area contributed by atoms with Gasteiger partial charge in [-0.1, -0.05) is 31.4 Å². The van der Waals surface area contributed by atoms with E-state index < -0.39 is 0 Å². The summed E-state index contributed by atoms with van der Waals surface area (Å²) >= 11 is 0. The maximum absolute atomic E-state index is 2.44. The average Bonchev–Trinajstić information content (AvgIpc) is 3.02. The van der Waals surface area contributed by atoms with E-state index in [4.69, 9.17) is 0 Å². The molecule has 0 bridgehead atoms. The Labute approximate surface area is 88.8 Å². The van der Waals surface area contributed by atoms with Crippen molar-refractivity contribution >= 4 is 0 Å². The fourth-order valence-corrected chi connectivity index (χ4v) is 3.13. The molecular formula is C14H24. The molecule has 80 valence electrons. The zero-order chi connectivity index (χ0) is 9.97. The van der Waals surface area contributed by atoms with Crippen LogP contribution in [0.5, 0.6) is 0 Å². The molecule has 0 aromatic rings. The molecule has 0 aromatic heterocycles. The fourth-order valence-electron chi connectivity index (χ4n) is 3.13. The lowest BCUT2D eigenvalue weighted by atomic mass is 9.76. The molecule has 0 aromatic carbocycles. The lowest BCUT2D eigenvalue weighted by Gasteiger charge is -2.30. The molecule has 0 aliphatic heterocycles. The smallest absolute Gasteiger partial charge is 0.0203 e. The first kappa shape index (κ1) is 10.3. The van der Waals surface area contributed by atoms with E-state index in [0.717, 1.165) is 17.8 Å². The van der Waals surface area contributed by atoms with Gasteiger partial charge in [0.15, 0.2) is 0 Å². The second-order valence-electron chi connectivity index (χ2n) is 5.32. The molecule has 0 saturated heterocycles. The molecule has 2 rings (SSSR count). The maximum Gasteiger partial charge on any atom is -0.0203 e. The van der Waals surface area contributed by atoms with E-state index in [1.165, 1.54) is 44.9 Å². The molecule has 0 heterocycles. The number of hydrogen-bond acceptors (Lipinski definition) is 0. The van der Waals surface area contributed by atoms with Crippen molar-refractivity contribution in [3.05, 3.63) is 11.6 Å². The minimum atomic E-state index is 0.939. The normalized spacial score (nSPS) is 34.6. The van der Waals surface area contributed by atoms with Gasteiger partial charge in [-0.15, -0.1) is 0 Å². The molecule has 0 nitrogen and oxygen atoms in total. The van der Waals surface area contributed by atoms with Gasteiger partial charge < -0.3 is 0 Å². The Kier molecular flexibility index (Phi) is 3.30. The van der Waals surface area contributed by atoms with E-state index in [9.17, 15) is 0 Å². The highest BCUT2D eigenvalue weighted by Gasteiger charge is 2.34. The van der Waals surface area contributed by atoms with Crippen LogP contribution in [0.1, 0.15) is 58.8 Å². The van der Waals surface area contributed by atoms with Crippen molar-refractivity contribution in [2.24, 2.45) is 17.8 Å². The zero-order valence-corrected chi connectivity index (χ0v) is 9.76. The first-order valence-electron chi connectivity index (χ1n) is 6.48. The molecule has 2 aliphatic rings. The molecule has 0 radical (unpaired) electrons. The van der Waals surface area contributed by atoms with Gasteiger partial charge >= 0.3 is 0 Å². The number of allylic oxidation sites excluding steroid dienone is 2. The van der Waals surface area contributed by atoms with Gasteiger partial charge in [0.2, 0.25) is 0 Å². The standard InChI is InChI=1S/C14H24/c1-3-5-11(2)13-6-4-7-14(10-13)12-8-9-12/h5,12-14H,3-4,6-10H2,1-2H3/b11-5+. The topological polar surface area (TPSA) is 0 Å². The van der Waals surface area contributed by atoms with Crippen LogP contribution in [0.15, 0.2) is 11.6 Å². The van der Waals surface area contributed by atoms with Gasteiger partial charge in [-0.2, -0.15) is 0 Å². The van der Waals surface area contributed by atoms with Crippen LogP contribution >= 0.6 is 0 Å². The van der Waals surface area contributed by atoms with Crippen LogP contribution in [-0.4, -0.2) is 0 Å². The third-order valence-electron chi connectivity index (χ3n) is 4.17. The Hall–Kier alpha value is -0.260. The summed E-state index contributed by atoms with van der Waals surface area (Å²) in [6.07, 6.45) is 12.7. The monoisotopic (exact) mass is 192 g/mol. The van der Waals surface area contributed by atoms with Crippen molar-refractivity contribution in [2.45, 2.75) is 58.8 Å². The van der Waals surface area contributed by atoms with Crippen LogP contribution in [0.4, 0.5) is 0 Å². The SMILES string of the molecule is CC/C=C(\C)C1CCCC(C2CC2)C1. The summed E-state index contributed by atoms with van der Waals surface area (Å²) in [6.45, 7) is 4.61. The van der Waals surface area contributed by atoms with Gasteiger partial charge in [0.05, 0.1) is 0 Å². The van der Waals surface area contributed by atoms with Crippen molar-refractivity contribution in [1.82, 2.24) is 0 Å². The minimum Gasteiger partial charge on any atom is -0.0856 e. The first-order valence-corrected chi connectivity index (χ1v) is 6.48. The Balaban J connectivity index is 1.89. The minimum absolute atomic E-state index is 0.939. The largest absolute Gasteiger partial charge is 0.0856 e. The predicted octanol–water partition coefficient (Wildman–Crippen LogP) is 4.56. The molecule has 2 fully saturated rings. The van der Waals surface area contributed by atoms with Crippen LogP contribution in [-0.2, 0) is 0 Å². The van der Waals surface area contributed by atoms with E-state index in [1.54, 1.807) is 5.57 Å². The van der Waals surface area contributed by atoms with Crippen LogP contribution in [0.25, 0.3) is 0 Å². The van der Waals surface area contributed by atoms with E-state index in [2.05, 4.69) is 19.9 Å². The molecule has 14 heavy (non-hydrogen) atoms. The van der Waals surface area contributed by atoms with Crippen LogP contribution < -0.4 is 0 Å². The van der Waals surface area contributed by atoms with Gasteiger partial charge in [-0.25, -0.2) is 0 Å². The Morgan fingerprint density at radius 3 is 2.57 bits per heavy atom. The summed E-state index contributed by atoms with van der Waals surface area (Å²) in [5.74, 6) is 3.16. The van der Waals surface area contributed by atoms with Crippen molar-refractivity contribution in [2.75, 3.05) is 0 Å². The Bertz CT molecular complexity index is 210. The molecule has 0 spiro atoms. The predicted molar refractivity (Wildman–Crippen MR) is 62.2 cm³/mol. The van der Waals surface area contributed by atoms with Crippen molar-refractivity contribution in [1.29, 1.82) is 0 Å².